The van der Waals surface area contributed by atoms with Crippen molar-refractivity contribution < 1.29 is 20.1 Å². The van der Waals surface area contributed by atoms with Crippen LogP contribution >= 0.6 is 0 Å². The number of pyridine rings is 2. The maximum Gasteiger partial charge on any atom is 0.0267 e. The van der Waals surface area contributed by atoms with Crippen molar-refractivity contribution in [1.82, 2.24) is 9.97 Å². The number of hydrogen-bond acceptors (Lipinski definition) is 2. The molecule has 2 heterocycles. The van der Waals surface area contributed by atoms with Crippen molar-refractivity contribution in [2.75, 3.05) is 0 Å². The Balaban J connectivity index is 0.000000228. The summed E-state index contributed by atoms with van der Waals surface area (Å²) in [6.07, 6.45) is 5.36. The third kappa shape index (κ3) is 8.39. The third-order valence-electron chi connectivity index (χ3n) is 4.37. The van der Waals surface area contributed by atoms with E-state index in [0.29, 0.717) is 0 Å². The fourth-order valence-electron chi connectivity index (χ4n) is 2.85. The molecule has 32 heavy (non-hydrogen) atoms. The molecule has 0 saturated heterocycles. The van der Waals surface area contributed by atoms with E-state index in [4.69, 9.17) is 0 Å². The first-order valence-electron chi connectivity index (χ1n) is 10.1. The van der Waals surface area contributed by atoms with Gasteiger partial charge in [-0.15, -0.1) is 35.9 Å². The average molecular weight is 593 g/mol. The SMILES string of the molecule is Cc1ccccc1-c1ccnc(-c2[c-]cccc2)c1.[Ir].[c-]1ccccc1.c1ccncc1. The summed E-state index contributed by atoms with van der Waals surface area (Å²) in [5.41, 5.74) is 5.71. The summed E-state index contributed by atoms with van der Waals surface area (Å²) in [6, 6.07) is 41.9. The molecule has 0 atom stereocenters. The second-order valence-electron chi connectivity index (χ2n) is 6.62. The molecular weight excluding hydrogens is 569 g/mol. The zero-order valence-corrected chi connectivity index (χ0v) is 20.2. The van der Waals surface area contributed by atoms with Crippen LogP contribution in [-0.2, 0) is 20.1 Å². The minimum atomic E-state index is 0. The van der Waals surface area contributed by atoms with Crippen LogP contribution in [0, 0.1) is 19.1 Å². The third-order valence-corrected chi connectivity index (χ3v) is 4.37. The van der Waals surface area contributed by atoms with Gasteiger partial charge < -0.3 is 4.98 Å². The number of aromatic nitrogens is 2. The van der Waals surface area contributed by atoms with Gasteiger partial charge >= 0.3 is 0 Å². The van der Waals surface area contributed by atoms with Gasteiger partial charge in [0.15, 0.2) is 0 Å². The van der Waals surface area contributed by atoms with Crippen molar-refractivity contribution in [3.8, 4) is 22.4 Å². The van der Waals surface area contributed by atoms with Gasteiger partial charge in [-0.25, -0.2) is 0 Å². The molecule has 161 valence electrons. The Kier molecular flexibility index (Phi) is 11.3. The fourth-order valence-corrected chi connectivity index (χ4v) is 2.85. The molecule has 1 radical (unpaired) electrons. The summed E-state index contributed by atoms with van der Waals surface area (Å²) < 4.78 is 0. The predicted molar refractivity (Wildman–Crippen MR) is 128 cm³/mol. The average Bonchev–Trinajstić information content (AvgIpc) is 2.88. The van der Waals surface area contributed by atoms with Crippen LogP contribution in [0.4, 0.5) is 0 Å². The van der Waals surface area contributed by atoms with E-state index in [1.807, 2.05) is 79.0 Å². The normalized spacial score (nSPS) is 9.16. The van der Waals surface area contributed by atoms with Gasteiger partial charge in [0.05, 0.1) is 0 Å². The molecule has 3 aromatic carbocycles. The molecule has 0 aliphatic carbocycles. The molecule has 0 aliphatic heterocycles. The summed E-state index contributed by atoms with van der Waals surface area (Å²) in [7, 11) is 0. The first-order valence-corrected chi connectivity index (χ1v) is 10.1. The summed E-state index contributed by atoms with van der Waals surface area (Å²) in [6.45, 7) is 2.13. The molecule has 0 N–H and O–H groups in total. The second-order valence-corrected chi connectivity index (χ2v) is 6.62. The van der Waals surface area contributed by atoms with Gasteiger partial charge in [0.2, 0.25) is 0 Å². The Morgan fingerprint density at radius 3 is 1.88 bits per heavy atom. The van der Waals surface area contributed by atoms with E-state index in [9.17, 15) is 0 Å². The van der Waals surface area contributed by atoms with Crippen LogP contribution < -0.4 is 0 Å². The van der Waals surface area contributed by atoms with Crippen molar-refractivity contribution >= 4 is 0 Å². The Morgan fingerprint density at radius 1 is 0.656 bits per heavy atom. The Hall–Kier alpha value is -3.39. The fraction of sp³-hybridized carbons (Fsp3) is 0.0345. The van der Waals surface area contributed by atoms with E-state index in [1.54, 1.807) is 12.4 Å². The molecule has 0 spiro atoms. The largest absolute Gasteiger partial charge is 0.305 e. The second kappa shape index (κ2) is 14.6. The van der Waals surface area contributed by atoms with E-state index >= 15 is 0 Å². The van der Waals surface area contributed by atoms with Crippen LogP contribution in [0.5, 0.6) is 0 Å². The number of aryl methyl sites for hydroxylation is 1. The van der Waals surface area contributed by atoms with E-state index in [0.717, 1.165) is 11.3 Å². The molecule has 0 aliphatic rings. The van der Waals surface area contributed by atoms with Crippen LogP contribution in [0.25, 0.3) is 22.4 Å². The molecule has 3 heteroatoms. The standard InChI is InChI=1S/C18H14N.C6H5.C5H5N.Ir/c1-14-7-5-6-10-17(14)16-11-12-19-18(13-16)15-8-3-2-4-9-15;2*1-2-4-6-5-3-1;/h2-8,10-13H,1H3;2*1-5H;/q2*-1;;. The molecule has 0 unspecified atom stereocenters. The Labute approximate surface area is 204 Å². The van der Waals surface area contributed by atoms with Crippen molar-refractivity contribution in [2.24, 2.45) is 0 Å². The minimum Gasteiger partial charge on any atom is -0.305 e. The van der Waals surface area contributed by atoms with Gasteiger partial charge in [0, 0.05) is 38.7 Å². The summed E-state index contributed by atoms with van der Waals surface area (Å²) >= 11 is 0. The molecule has 0 bridgehead atoms. The van der Waals surface area contributed by atoms with Crippen LogP contribution in [-0.4, -0.2) is 9.97 Å². The molecular formula is C29H24IrN2-2. The van der Waals surface area contributed by atoms with Gasteiger partial charge in [0.1, 0.15) is 0 Å². The quantitative estimate of drug-likeness (QED) is 0.205. The van der Waals surface area contributed by atoms with E-state index in [2.05, 4.69) is 65.4 Å². The number of rotatable bonds is 2. The zero-order valence-electron chi connectivity index (χ0n) is 17.9. The van der Waals surface area contributed by atoms with Crippen molar-refractivity contribution in [3.05, 3.63) is 145 Å². The Bertz CT molecular complexity index is 1050. The number of hydrogen-bond donors (Lipinski definition) is 0. The first-order chi connectivity index (χ1) is 15.3. The van der Waals surface area contributed by atoms with Gasteiger partial charge in [-0.3, -0.25) is 4.98 Å². The van der Waals surface area contributed by atoms with E-state index in [1.165, 1.54) is 16.7 Å². The summed E-state index contributed by atoms with van der Waals surface area (Å²) in [4.78, 5) is 8.22. The topological polar surface area (TPSA) is 25.8 Å². The molecule has 2 nitrogen and oxygen atoms in total. The summed E-state index contributed by atoms with van der Waals surface area (Å²) in [5.74, 6) is 0. The summed E-state index contributed by atoms with van der Waals surface area (Å²) in [5, 5.41) is 0. The number of nitrogens with zero attached hydrogens (tertiary/aromatic N) is 2. The van der Waals surface area contributed by atoms with Crippen molar-refractivity contribution in [1.29, 1.82) is 0 Å². The van der Waals surface area contributed by atoms with Gasteiger partial charge in [-0.05, 0) is 47.5 Å². The van der Waals surface area contributed by atoms with E-state index < -0.39 is 0 Å². The smallest absolute Gasteiger partial charge is 0.0267 e. The van der Waals surface area contributed by atoms with Crippen LogP contribution in [0.15, 0.2) is 128 Å². The molecule has 5 rings (SSSR count). The van der Waals surface area contributed by atoms with Crippen LogP contribution in [0.3, 0.4) is 0 Å². The Morgan fingerprint density at radius 2 is 1.34 bits per heavy atom. The van der Waals surface area contributed by atoms with Crippen LogP contribution in [0.2, 0.25) is 0 Å². The molecule has 2 aromatic heterocycles. The predicted octanol–water partition coefficient (Wildman–Crippen LogP) is 7.09. The molecule has 5 aromatic rings. The van der Waals surface area contributed by atoms with Crippen molar-refractivity contribution in [3.63, 3.8) is 0 Å². The van der Waals surface area contributed by atoms with Crippen LogP contribution in [0.1, 0.15) is 5.56 Å². The monoisotopic (exact) mass is 593 g/mol. The van der Waals surface area contributed by atoms with Gasteiger partial charge in [-0.2, -0.15) is 36.4 Å². The first kappa shape index (κ1) is 24.9. The molecule has 0 fully saturated rings. The maximum absolute atomic E-state index is 4.43. The maximum atomic E-state index is 4.43. The number of benzene rings is 3. The van der Waals surface area contributed by atoms with Crippen molar-refractivity contribution in [2.45, 2.75) is 6.92 Å². The molecule has 0 amide bonds. The zero-order chi connectivity index (χ0) is 21.6. The van der Waals surface area contributed by atoms with Gasteiger partial charge in [-0.1, -0.05) is 36.4 Å². The van der Waals surface area contributed by atoms with Gasteiger partial charge in [0.25, 0.3) is 0 Å². The minimum absolute atomic E-state index is 0. The molecule has 0 saturated carbocycles. The van der Waals surface area contributed by atoms with E-state index in [-0.39, 0.29) is 20.1 Å².